The number of piperidine rings is 1. The third-order valence-corrected chi connectivity index (χ3v) is 6.83. The predicted molar refractivity (Wildman–Crippen MR) is 119 cm³/mol. The van der Waals surface area contributed by atoms with Crippen molar-refractivity contribution in [1.29, 1.82) is 0 Å². The maximum absolute atomic E-state index is 13.3. The molecule has 1 spiro atoms. The van der Waals surface area contributed by atoms with Gasteiger partial charge in [0.25, 0.3) is 5.91 Å². The molecule has 1 saturated heterocycles. The van der Waals surface area contributed by atoms with Crippen molar-refractivity contribution >= 4 is 38.8 Å². The summed E-state index contributed by atoms with van der Waals surface area (Å²) in [6.45, 7) is 0.842. The van der Waals surface area contributed by atoms with E-state index >= 15 is 0 Å². The summed E-state index contributed by atoms with van der Waals surface area (Å²) in [7, 11) is 0. The summed E-state index contributed by atoms with van der Waals surface area (Å²) in [5, 5.41) is 13.4. The molecule has 2 aliphatic rings. The van der Waals surface area contributed by atoms with Gasteiger partial charge >= 0.3 is 6.09 Å². The van der Waals surface area contributed by atoms with Crippen molar-refractivity contribution in [3.8, 4) is 5.75 Å². The number of aromatic nitrogens is 1. The lowest BCUT2D eigenvalue weighted by atomic mass is 9.80. The molecule has 3 N–H and O–H groups in total. The molecule has 3 heterocycles. The lowest BCUT2D eigenvalue weighted by Crippen LogP contribution is -2.53. The van der Waals surface area contributed by atoms with Crippen molar-refractivity contribution in [2.75, 3.05) is 13.1 Å². The highest BCUT2D eigenvalue weighted by Crippen LogP contribution is 2.45. The Labute approximate surface area is 187 Å². The molecule has 5 rings (SSSR count). The highest BCUT2D eigenvalue weighted by Gasteiger charge is 2.44. The second-order valence-corrected chi connectivity index (χ2v) is 9.13. The van der Waals surface area contributed by atoms with Gasteiger partial charge in [0.1, 0.15) is 11.4 Å². The lowest BCUT2D eigenvalue weighted by molar-refractivity contribution is -0.0205. The number of carbonyl (C=O) groups is 2. The first-order valence-corrected chi connectivity index (χ1v) is 11.1. The smallest absolute Gasteiger partial charge is 0.407 e. The van der Waals surface area contributed by atoms with Crippen LogP contribution in [-0.4, -0.2) is 45.7 Å². The van der Waals surface area contributed by atoms with E-state index in [0.29, 0.717) is 37.9 Å². The van der Waals surface area contributed by atoms with Crippen LogP contribution < -0.4 is 10.1 Å². The number of benzene rings is 2. The van der Waals surface area contributed by atoms with Crippen molar-refractivity contribution in [3.05, 3.63) is 64.3 Å². The van der Waals surface area contributed by atoms with Crippen molar-refractivity contribution in [3.63, 3.8) is 0 Å². The number of rotatable bonds is 2. The van der Waals surface area contributed by atoms with Crippen LogP contribution in [0.2, 0.25) is 0 Å². The number of nitrogens with zero attached hydrogens (tertiary/aromatic N) is 1. The molecule has 1 aromatic heterocycles. The maximum Gasteiger partial charge on any atom is 0.407 e. The number of hydrogen-bond donors (Lipinski definition) is 3. The number of halogens is 1. The van der Waals surface area contributed by atoms with Crippen LogP contribution in [0.4, 0.5) is 4.79 Å². The molecule has 3 aromatic rings. The molecule has 1 unspecified atom stereocenters. The number of ether oxygens (including phenoxy) is 1. The number of nitrogens with one attached hydrogen (secondary N) is 2. The Morgan fingerprint density at radius 1 is 1.19 bits per heavy atom. The molecule has 1 atom stereocenters. The average molecular weight is 484 g/mol. The van der Waals surface area contributed by atoms with E-state index in [0.717, 1.165) is 26.7 Å². The largest absolute Gasteiger partial charge is 0.487 e. The molecule has 2 amide bonds. The Balaban J connectivity index is 1.45. The topological polar surface area (TPSA) is 94.7 Å². The SMILES string of the molecule is O=C(NC1CC2(CCN(C(=O)O)CC2)Oc2ccc(Br)cc21)c1cccc2[nH]ccc12. The molecular formula is C23H22BrN3O4. The standard InChI is InChI=1S/C23H22BrN3O4/c24-14-4-5-20-17(12-14)19(13-23(31-20)7-10-27(11-8-23)22(29)30)26-21(28)16-2-1-3-18-15(16)6-9-25-18/h1-6,9,12,19,25H,7-8,10-11,13H2,(H,26,28)(H,29,30). The first-order chi connectivity index (χ1) is 14.9. The quantitative estimate of drug-likeness (QED) is 0.492. The molecule has 0 saturated carbocycles. The number of hydrogen-bond acceptors (Lipinski definition) is 3. The molecule has 0 radical (unpaired) electrons. The van der Waals surface area contributed by atoms with Crippen molar-refractivity contribution < 1.29 is 19.4 Å². The normalized spacial score (nSPS) is 19.6. The lowest BCUT2D eigenvalue weighted by Gasteiger charge is -2.46. The van der Waals surface area contributed by atoms with Crippen molar-refractivity contribution in [1.82, 2.24) is 15.2 Å². The highest BCUT2D eigenvalue weighted by molar-refractivity contribution is 9.10. The zero-order valence-corrected chi connectivity index (χ0v) is 18.3. The fourth-order valence-corrected chi connectivity index (χ4v) is 5.08. The minimum Gasteiger partial charge on any atom is -0.487 e. The summed E-state index contributed by atoms with van der Waals surface area (Å²) >= 11 is 3.52. The van der Waals surface area contributed by atoms with Gasteiger partial charge in [0, 0.05) is 65.1 Å². The molecule has 160 valence electrons. The summed E-state index contributed by atoms with van der Waals surface area (Å²) in [4.78, 5) is 29.2. The monoisotopic (exact) mass is 483 g/mol. The summed E-state index contributed by atoms with van der Waals surface area (Å²) < 4.78 is 7.34. The number of fused-ring (bicyclic) bond motifs is 2. The number of amides is 2. The van der Waals surface area contributed by atoms with Crippen LogP contribution in [0.25, 0.3) is 10.9 Å². The Kier molecular flexibility index (Phi) is 4.89. The summed E-state index contributed by atoms with van der Waals surface area (Å²) in [5.41, 5.74) is 1.97. The third kappa shape index (κ3) is 3.65. The van der Waals surface area contributed by atoms with Crippen LogP contribution in [-0.2, 0) is 0 Å². The number of likely N-dealkylation sites (tertiary alicyclic amines) is 1. The van der Waals surface area contributed by atoms with Gasteiger partial charge in [-0.25, -0.2) is 4.79 Å². The third-order valence-electron chi connectivity index (χ3n) is 6.34. The summed E-state index contributed by atoms with van der Waals surface area (Å²) in [6.07, 6.45) is 2.70. The summed E-state index contributed by atoms with van der Waals surface area (Å²) in [5.74, 6) is 0.601. The maximum atomic E-state index is 13.3. The minimum absolute atomic E-state index is 0.138. The first kappa shape index (κ1) is 19.9. The van der Waals surface area contributed by atoms with Crippen LogP contribution >= 0.6 is 15.9 Å². The molecule has 31 heavy (non-hydrogen) atoms. The van der Waals surface area contributed by atoms with Crippen LogP contribution in [0.5, 0.6) is 5.75 Å². The molecule has 0 bridgehead atoms. The summed E-state index contributed by atoms with van der Waals surface area (Å²) in [6, 6.07) is 13.1. The molecule has 1 fully saturated rings. The van der Waals surface area contributed by atoms with E-state index in [1.165, 1.54) is 4.90 Å². The van der Waals surface area contributed by atoms with Gasteiger partial charge in [-0.1, -0.05) is 22.0 Å². The Hall–Kier alpha value is -3.00. The van der Waals surface area contributed by atoms with E-state index in [2.05, 4.69) is 26.2 Å². The molecule has 0 aliphatic carbocycles. The Morgan fingerprint density at radius 2 is 2.00 bits per heavy atom. The van der Waals surface area contributed by atoms with Gasteiger partial charge in [-0.15, -0.1) is 0 Å². The Morgan fingerprint density at radius 3 is 2.77 bits per heavy atom. The van der Waals surface area contributed by atoms with Crippen molar-refractivity contribution in [2.24, 2.45) is 0 Å². The van der Waals surface area contributed by atoms with Gasteiger partial charge in [-0.3, -0.25) is 4.79 Å². The van der Waals surface area contributed by atoms with Gasteiger partial charge in [0.15, 0.2) is 0 Å². The average Bonchev–Trinajstić information content (AvgIpc) is 3.23. The number of aromatic amines is 1. The van der Waals surface area contributed by atoms with Gasteiger partial charge in [-0.2, -0.15) is 0 Å². The number of carboxylic acid groups (broad SMARTS) is 1. The van der Waals surface area contributed by atoms with Crippen molar-refractivity contribution in [2.45, 2.75) is 30.9 Å². The molecule has 2 aliphatic heterocycles. The molecule has 2 aromatic carbocycles. The van der Waals surface area contributed by atoms with Gasteiger partial charge in [0.05, 0.1) is 6.04 Å². The van der Waals surface area contributed by atoms with Gasteiger partial charge in [0.2, 0.25) is 0 Å². The van der Waals surface area contributed by atoms with E-state index in [9.17, 15) is 14.7 Å². The number of H-pyrrole nitrogens is 1. The van der Waals surface area contributed by atoms with E-state index in [-0.39, 0.29) is 11.9 Å². The molecule has 7 nitrogen and oxygen atoms in total. The highest BCUT2D eigenvalue weighted by atomic mass is 79.9. The molecular weight excluding hydrogens is 462 g/mol. The fourth-order valence-electron chi connectivity index (χ4n) is 4.70. The van der Waals surface area contributed by atoms with Crippen LogP contribution in [0.15, 0.2) is 53.1 Å². The van der Waals surface area contributed by atoms with Crippen LogP contribution in [0.1, 0.15) is 41.2 Å². The van der Waals surface area contributed by atoms with Gasteiger partial charge < -0.3 is 25.0 Å². The van der Waals surface area contributed by atoms with E-state index in [1.54, 1.807) is 0 Å². The van der Waals surface area contributed by atoms with E-state index in [1.807, 2.05) is 48.7 Å². The van der Waals surface area contributed by atoms with E-state index in [4.69, 9.17) is 4.74 Å². The second-order valence-electron chi connectivity index (χ2n) is 8.21. The van der Waals surface area contributed by atoms with Crippen LogP contribution in [0, 0.1) is 0 Å². The molecule has 8 heteroatoms. The van der Waals surface area contributed by atoms with Crippen LogP contribution in [0.3, 0.4) is 0 Å². The van der Waals surface area contributed by atoms with Gasteiger partial charge in [-0.05, 0) is 36.4 Å². The fraction of sp³-hybridized carbons (Fsp3) is 0.304. The zero-order chi connectivity index (χ0) is 21.6. The zero-order valence-electron chi connectivity index (χ0n) is 16.7. The first-order valence-electron chi connectivity index (χ1n) is 10.3. The van der Waals surface area contributed by atoms with E-state index < -0.39 is 11.7 Å². The second kappa shape index (κ2) is 7.60. The Bertz CT molecular complexity index is 1170. The number of carbonyl (C=O) groups excluding carboxylic acids is 1. The minimum atomic E-state index is -0.903. The predicted octanol–water partition coefficient (Wildman–Crippen LogP) is 4.70.